The van der Waals surface area contributed by atoms with Crippen molar-refractivity contribution in [2.45, 2.75) is 65.5 Å². The first-order chi connectivity index (χ1) is 18.4. The molecule has 0 spiro atoms. The third kappa shape index (κ3) is 4.30. The maximum absolute atomic E-state index is 6.25. The molecule has 38 heavy (non-hydrogen) atoms. The van der Waals surface area contributed by atoms with Gasteiger partial charge in [0, 0.05) is 35.1 Å². The van der Waals surface area contributed by atoms with E-state index in [0.717, 1.165) is 90.8 Å². The van der Waals surface area contributed by atoms with Crippen LogP contribution in [0.3, 0.4) is 0 Å². The van der Waals surface area contributed by atoms with Gasteiger partial charge in [-0.15, -0.1) is 0 Å². The van der Waals surface area contributed by atoms with Gasteiger partial charge in [-0.3, -0.25) is 0 Å². The highest BCUT2D eigenvalue weighted by atomic mass is 16.5. The highest BCUT2D eigenvalue weighted by Crippen LogP contribution is 2.40. The molecule has 8 heteroatoms. The van der Waals surface area contributed by atoms with Crippen molar-refractivity contribution in [1.29, 1.82) is 0 Å². The van der Waals surface area contributed by atoms with E-state index in [2.05, 4.69) is 63.3 Å². The Kier molecular flexibility index (Phi) is 5.62. The third-order valence-electron chi connectivity index (χ3n) is 8.28. The van der Waals surface area contributed by atoms with Gasteiger partial charge in [-0.25, -0.2) is 19.9 Å². The van der Waals surface area contributed by atoms with E-state index in [4.69, 9.17) is 14.7 Å². The molecule has 4 aromatic rings. The molecule has 1 atom stereocenters. The fraction of sp³-hybridized carbons (Fsp3) is 0.467. The van der Waals surface area contributed by atoms with Gasteiger partial charge in [0.2, 0.25) is 0 Å². The normalized spacial score (nSPS) is 20.6. The van der Waals surface area contributed by atoms with Gasteiger partial charge in [0.05, 0.1) is 18.1 Å². The van der Waals surface area contributed by atoms with E-state index >= 15 is 0 Å². The summed E-state index contributed by atoms with van der Waals surface area (Å²) in [6.07, 6.45) is 7.38. The van der Waals surface area contributed by atoms with Gasteiger partial charge < -0.3 is 19.9 Å². The molecule has 5 heterocycles. The number of H-pyrrole nitrogens is 1. The average molecular weight is 510 g/mol. The second-order valence-electron chi connectivity index (χ2n) is 11.8. The Morgan fingerprint density at radius 2 is 2.03 bits per heavy atom. The van der Waals surface area contributed by atoms with Gasteiger partial charge in [0.15, 0.2) is 5.65 Å². The highest BCUT2D eigenvalue weighted by molar-refractivity contribution is 5.78. The van der Waals surface area contributed by atoms with Crippen LogP contribution >= 0.6 is 0 Å². The number of nitrogens with one attached hydrogen (secondary N) is 2. The van der Waals surface area contributed by atoms with Crippen molar-refractivity contribution < 1.29 is 4.74 Å². The molecule has 1 aromatic carbocycles. The summed E-state index contributed by atoms with van der Waals surface area (Å²) in [6, 6.07) is 8.85. The number of imidazole rings is 1. The van der Waals surface area contributed by atoms with E-state index in [0.29, 0.717) is 6.61 Å². The Morgan fingerprint density at radius 3 is 2.89 bits per heavy atom. The number of aromatic amines is 1. The molecule has 0 radical (unpaired) electrons. The number of benzene rings is 1. The summed E-state index contributed by atoms with van der Waals surface area (Å²) >= 11 is 0. The van der Waals surface area contributed by atoms with Crippen molar-refractivity contribution in [3.63, 3.8) is 0 Å². The zero-order valence-corrected chi connectivity index (χ0v) is 22.5. The Morgan fingerprint density at radius 1 is 1.11 bits per heavy atom. The smallest absolute Gasteiger partial charge is 0.177 e. The fourth-order valence-corrected chi connectivity index (χ4v) is 6.20. The topological polar surface area (TPSA) is 91.9 Å². The first-order valence-corrected chi connectivity index (χ1v) is 13.9. The summed E-state index contributed by atoms with van der Waals surface area (Å²) in [5, 5.41) is 3.61. The van der Waals surface area contributed by atoms with Crippen LogP contribution in [0.4, 0.5) is 5.82 Å². The van der Waals surface area contributed by atoms with Crippen molar-refractivity contribution in [1.82, 2.24) is 30.2 Å². The van der Waals surface area contributed by atoms with Crippen molar-refractivity contribution in [2.75, 3.05) is 24.6 Å². The van der Waals surface area contributed by atoms with Crippen molar-refractivity contribution >= 4 is 17.0 Å². The first kappa shape index (κ1) is 23.6. The van der Waals surface area contributed by atoms with Crippen LogP contribution in [0.1, 0.15) is 67.6 Å². The van der Waals surface area contributed by atoms with E-state index in [1.165, 1.54) is 23.2 Å². The summed E-state index contributed by atoms with van der Waals surface area (Å²) in [4.78, 5) is 25.1. The number of anilines is 1. The van der Waals surface area contributed by atoms with Gasteiger partial charge in [0.25, 0.3) is 0 Å². The number of pyridine rings is 1. The molecule has 0 bridgehead atoms. The van der Waals surface area contributed by atoms with Gasteiger partial charge in [0.1, 0.15) is 29.8 Å². The second-order valence-corrected chi connectivity index (χ2v) is 11.8. The molecule has 1 aliphatic carbocycles. The molecule has 196 valence electrons. The number of fused-ring (bicyclic) bond motifs is 3. The second kappa shape index (κ2) is 9.05. The lowest BCUT2D eigenvalue weighted by Crippen LogP contribution is -2.32. The average Bonchev–Trinajstić information content (AvgIpc) is 3.51. The summed E-state index contributed by atoms with van der Waals surface area (Å²) in [7, 11) is 0. The molecule has 3 aliphatic rings. The Hall–Kier alpha value is -3.52. The summed E-state index contributed by atoms with van der Waals surface area (Å²) in [6.45, 7) is 9.91. The standard InChI is InChI=1S/C30H35N7O/c1-18-33-25-14-20(16-32-27(25)34-18)19-6-7-26-21(13-19)17-37(11-12-38-26)29-22-15-30(2,3)9-8-23(22)35-28(36-29)24-5-4-10-31-24/h6-7,13-14,16,24,31H,4-5,8-12,15,17H2,1-3H3,(H,32,33,34)/t24-/m0/s1. The minimum Gasteiger partial charge on any atom is -0.491 e. The van der Waals surface area contributed by atoms with E-state index in [9.17, 15) is 0 Å². The van der Waals surface area contributed by atoms with Gasteiger partial charge in [-0.2, -0.15) is 0 Å². The lowest BCUT2D eigenvalue weighted by Gasteiger charge is -2.34. The molecule has 1 fully saturated rings. The lowest BCUT2D eigenvalue weighted by molar-refractivity contribution is 0.310. The predicted octanol–water partition coefficient (Wildman–Crippen LogP) is 5.06. The summed E-state index contributed by atoms with van der Waals surface area (Å²) in [5.74, 6) is 3.89. The molecule has 2 aliphatic heterocycles. The molecular weight excluding hydrogens is 474 g/mol. The van der Waals surface area contributed by atoms with Crippen LogP contribution < -0.4 is 15.0 Å². The summed E-state index contributed by atoms with van der Waals surface area (Å²) in [5.41, 5.74) is 7.88. The highest BCUT2D eigenvalue weighted by Gasteiger charge is 2.33. The summed E-state index contributed by atoms with van der Waals surface area (Å²) < 4.78 is 6.25. The quantitative estimate of drug-likeness (QED) is 0.399. The molecule has 0 saturated carbocycles. The lowest BCUT2D eigenvalue weighted by atomic mass is 9.76. The largest absolute Gasteiger partial charge is 0.491 e. The van der Waals surface area contributed by atoms with Gasteiger partial charge >= 0.3 is 0 Å². The molecule has 1 saturated heterocycles. The number of aryl methyl sites for hydroxylation is 2. The number of ether oxygens (including phenoxy) is 1. The zero-order chi connectivity index (χ0) is 25.9. The number of rotatable bonds is 3. The van der Waals surface area contributed by atoms with Crippen LogP contribution in [-0.2, 0) is 19.4 Å². The molecule has 0 amide bonds. The van der Waals surface area contributed by atoms with Crippen LogP contribution in [0.25, 0.3) is 22.3 Å². The monoisotopic (exact) mass is 509 g/mol. The molecule has 8 nitrogen and oxygen atoms in total. The van der Waals surface area contributed by atoms with Gasteiger partial charge in [-0.05, 0) is 74.8 Å². The predicted molar refractivity (Wildman–Crippen MR) is 148 cm³/mol. The maximum Gasteiger partial charge on any atom is 0.177 e. The van der Waals surface area contributed by atoms with Crippen LogP contribution in [0.15, 0.2) is 30.5 Å². The minimum atomic E-state index is 0.252. The maximum atomic E-state index is 6.25. The van der Waals surface area contributed by atoms with Gasteiger partial charge in [-0.1, -0.05) is 19.9 Å². The molecule has 2 N–H and O–H groups in total. The van der Waals surface area contributed by atoms with Crippen molar-refractivity contribution in [3.8, 4) is 16.9 Å². The third-order valence-corrected chi connectivity index (χ3v) is 8.28. The number of nitrogens with zero attached hydrogens (tertiary/aromatic N) is 5. The SMILES string of the molecule is Cc1nc2ncc(-c3ccc4c(c3)CN(c3nc([C@@H]5CCCN5)nc5c3CC(C)(C)CC5)CCO4)cc2[nH]1. The fourth-order valence-electron chi connectivity index (χ4n) is 6.20. The van der Waals surface area contributed by atoms with E-state index in [-0.39, 0.29) is 11.5 Å². The Balaban J connectivity index is 1.27. The molecule has 3 aromatic heterocycles. The van der Waals surface area contributed by atoms with E-state index in [1.807, 2.05) is 13.1 Å². The first-order valence-electron chi connectivity index (χ1n) is 13.9. The minimum absolute atomic E-state index is 0.252. The molecular formula is C30H35N7O. The van der Waals surface area contributed by atoms with Crippen LogP contribution in [0, 0.1) is 12.3 Å². The van der Waals surface area contributed by atoms with Crippen LogP contribution in [-0.4, -0.2) is 44.6 Å². The van der Waals surface area contributed by atoms with Crippen molar-refractivity contribution in [2.24, 2.45) is 5.41 Å². The van der Waals surface area contributed by atoms with Crippen LogP contribution in [0.2, 0.25) is 0 Å². The van der Waals surface area contributed by atoms with E-state index < -0.39 is 0 Å². The molecule has 0 unspecified atom stereocenters. The Labute approximate surface area is 223 Å². The van der Waals surface area contributed by atoms with Crippen molar-refractivity contribution in [3.05, 3.63) is 58.9 Å². The molecule has 7 rings (SSSR count). The number of aromatic nitrogens is 5. The van der Waals surface area contributed by atoms with Crippen LogP contribution in [0.5, 0.6) is 5.75 Å². The Bertz CT molecular complexity index is 1520. The number of hydrogen-bond acceptors (Lipinski definition) is 7. The van der Waals surface area contributed by atoms with E-state index in [1.54, 1.807) is 0 Å². The number of hydrogen-bond donors (Lipinski definition) is 2. The zero-order valence-electron chi connectivity index (χ0n) is 22.5.